The van der Waals surface area contributed by atoms with Crippen molar-refractivity contribution in [3.63, 3.8) is 0 Å². The zero-order valence-corrected chi connectivity index (χ0v) is 16.5. The minimum absolute atomic E-state index is 0.178. The van der Waals surface area contributed by atoms with Gasteiger partial charge in [-0.2, -0.15) is 13.2 Å². The molecule has 0 aromatic carbocycles. The Morgan fingerprint density at radius 3 is 2.00 bits per heavy atom. The average molecular weight is 386 g/mol. The quantitative estimate of drug-likeness (QED) is 0.753. The van der Waals surface area contributed by atoms with Crippen molar-refractivity contribution in [1.29, 1.82) is 0 Å². The number of carbonyl (C=O) groups is 1. The van der Waals surface area contributed by atoms with E-state index in [4.69, 9.17) is 4.74 Å². The zero-order chi connectivity index (χ0) is 19.6. The van der Waals surface area contributed by atoms with E-state index in [0.29, 0.717) is 0 Å². The number of hydrogen-bond acceptors (Lipinski definition) is 4. The first kappa shape index (κ1) is 22.4. The predicted molar refractivity (Wildman–Crippen MR) is 91.4 cm³/mol. The minimum atomic E-state index is -4.50. The monoisotopic (exact) mass is 386 g/mol. The Bertz CT molecular complexity index is 453. The van der Waals surface area contributed by atoms with Crippen LogP contribution < -0.4 is 4.72 Å². The fourth-order valence-corrected chi connectivity index (χ4v) is 3.37. The third-order valence-electron chi connectivity index (χ3n) is 3.81. The normalized spacial score (nSPS) is 20.3. The molecule has 0 aliphatic carbocycles. The van der Waals surface area contributed by atoms with Gasteiger partial charge < -0.3 is 14.2 Å². The molecule has 1 rings (SSSR count). The average Bonchev–Trinajstić information content (AvgIpc) is 2.40. The molecule has 5 nitrogen and oxygen atoms in total. The fraction of sp³-hybridized carbons (Fsp3) is 0.938. The fourth-order valence-electron chi connectivity index (χ4n) is 2.46. The maximum absolute atomic E-state index is 13.4. The van der Waals surface area contributed by atoms with Crippen LogP contribution in [0.15, 0.2) is 0 Å². The Balaban J connectivity index is 2.71. The third-order valence-corrected chi connectivity index (χ3v) is 5.39. The van der Waals surface area contributed by atoms with Gasteiger partial charge in [0.25, 0.3) is 0 Å². The molecule has 1 amide bonds. The van der Waals surface area contributed by atoms with Crippen molar-refractivity contribution in [2.24, 2.45) is 5.92 Å². The number of nitrogens with zero attached hydrogens (tertiary/aromatic N) is 1. The number of piperidine rings is 1. The van der Waals surface area contributed by atoms with Crippen molar-refractivity contribution in [3.05, 3.63) is 0 Å². The molecule has 2 atom stereocenters. The van der Waals surface area contributed by atoms with Crippen LogP contribution in [0.1, 0.15) is 54.4 Å². The number of carbonyl (C=O) groups excluding carboxylic acids is 1. The van der Waals surface area contributed by atoms with Crippen LogP contribution in [0.5, 0.6) is 0 Å². The van der Waals surface area contributed by atoms with Gasteiger partial charge in [-0.25, -0.2) is 4.79 Å². The van der Waals surface area contributed by atoms with Gasteiger partial charge in [-0.05, 0) is 60.3 Å². The summed E-state index contributed by atoms with van der Waals surface area (Å²) in [6.45, 7) is 10.5. The summed E-state index contributed by atoms with van der Waals surface area (Å²) < 4.78 is 59.1. The Morgan fingerprint density at radius 2 is 1.64 bits per heavy atom. The van der Waals surface area contributed by atoms with Gasteiger partial charge in [0, 0.05) is 24.5 Å². The van der Waals surface area contributed by atoms with Gasteiger partial charge >= 0.3 is 12.3 Å². The van der Waals surface area contributed by atoms with E-state index in [2.05, 4.69) is 4.72 Å². The van der Waals surface area contributed by atoms with Crippen molar-refractivity contribution < 1.29 is 27.3 Å². The highest BCUT2D eigenvalue weighted by atomic mass is 32.2. The van der Waals surface area contributed by atoms with E-state index < -0.39 is 45.9 Å². The molecule has 0 spiro atoms. The largest absolute Gasteiger partial charge is 0.598 e. The number of rotatable bonds is 3. The lowest BCUT2D eigenvalue weighted by Crippen LogP contribution is -2.56. The summed E-state index contributed by atoms with van der Waals surface area (Å²) in [5, 5.41) is 0. The van der Waals surface area contributed by atoms with Crippen molar-refractivity contribution in [2.45, 2.75) is 77.0 Å². The van der Waals surface area contributed by atoms with Gasteiger partial charge in [0.1, 0.15) is 10.3 Å². The minimum Gasteiger partial charge on any atom is -0.598 e. The summed E-state index contributed by atoms with van der Waals surface area (Å²) in [6, 6.07) is -1.85. The van der Waals surface area contributed by atoms with Crippen LogP contribution in [0, 0.1) is 5.92 Å². The lowest BCUT2D eigenvalue weighted by Gasteiger charge is -2.38. The van der Waals surface area contributed by atoms with Gasteiger partial charge in [0.05, 0.1) is 0 Å². The van der Waals surface area contributed by atoms with Crippen LogP contribution >= 0.6 is 0 Å². The molecule has 0 saturated carbocycles. The third kappa shape index (κ3) is 7.22. The topological polar surface area (TPSA) is 64.6 Å². The molecule has 1 saturated heterocycles. The Morgan fingerprint density at radius 1 is 1.16 bits per heavy atom. The van der Waals surface area contributed by atoms with E-state index in [1.165, 1.54) is 4.90 Å². The molecule has 0 radical (unpaired) electrons. The number of hydrogen-bond donors (Lipinski definition) is 1. The molecule has 1 aliphatic rings. The molecule has 148 valence electrons. The maximum Gasteiger partial charge on any atom is 0.410 e. The van der Waals surface area contributed by atoms with E-state index in [-0.39, 0.29) is 25.9 Å². The maximum atomic E-state index is 13.4. The van der Waals surface area contributed by atoms with Crippen LogP contribution in [0.2, 0.25) is 0 Å². The van der Waals surface area contributed by atoms with E-state index in [0.717, 1.165) is 0 Å². The second-order valence-corrected chi connectivity index (χ2v) is 10.3. The molecule has 1 fully saturated rings. The smallest absolute Gasteiger partial charge is 0.410 e. The number of amides is 1. The second kappa shape index (κ2) is 7.92. The predicted octanol–water partition coefficient (Wildman–Crippen LogP) is 3.62. The van der Waals surface area contributed by atoms with E-state index in [1.54, 1.807) is 41.5 Å². The molecule has 25 heavy (non-hydrogen) atoms. The number of nitrogens with one attached hydrogen (secondary N) is 1. The van der Waals surface area contributed by atoms with E-state index >= 15 is 0 Å². The number of halogens is 3. The van der Waals surface area contributed by atoms with Crippen LogP contribution in [0.4, 0.5) is 18.0 Å². The van der Waals surface area contributed by atoms with Gasteiger partial charge in [0.15, 0.2) is 6.04 Å². The van der Waals surface area contributed by atoms with Crippen molar-refractivity contribution in [1.82, 2.24) is 9.62 Å². The Kier molecular flexibility index (Phi) is 7.09. The molecule has 0 aromatic heterocycles. The van der Waals surface area contributed by atoms with Crippen LogP contribution in [0.25, 0.3) is 0 Å². The molecular formula is C16H29F3N2O3S. The summed E-state index contributed by atoms with van der Waals surface area (Å²) in [5.74, 6) is -0.731. The Hall–Kier alpha value is -0.670. The Labute approximate surface area is 151 Å². The first-order chi connectivity index (χ1) is 11.1. The van der Waals surface area contributed by atoms with Gasteiger partial charge in [-0.1, -0.05) is 0 Å². The first-order valence-electron chi connectivity index (χ1n) is 8.34. The summed E-state index contributed by atoms with van der Waals surface area (Å²) in [4.78, 5) is 13.4. The summed E-state index contributed by atoms with van der Waals surface area (Å²) in [7, 11) is 0. The molecule has 1 N–H and O–H groups in total. The molecule has 1 unspecified atom stereocenters. The SMILES string of the molecule is CC(C)(C)OC(=O)N1CCC(C(N[S@@+]([O-])C(C)(C)C)C(F)(F)F)CC1. The molecule has 0 bridgehead atoms. The highest BCUT2D eigenvalue weighted by molar-refractivity contribution is 7.90. The standard InChI is InChI=1S/C16H29F3N2O3S/c1-14(2,3)24-13(22)21-9-7-11(8-10-21)12(16(17,18)19)20-25(23)15(4,5)6/h11-12,20H,7-10H2,1-6H3/t12?,25-/m0/s1. The van der Waals surface area contributed by atoms with Crippen LogP contribution in [-0.4, -0.2) is 51.2 Å². The van der Waals surface area contributed by atoms with Crippen molar-refractivity contribution in [2.75, 3.05) is 13.1 Å². The van der Waals surface area contributed by atoms with Gasteiger partial charge in [0.2, 0.25) is 0 Å². The summed E-state index contributed by atoms with van der Waals surface area (Å²) in [5.41, 5.74) is -0.645. The molecule has 0 aromatic rings. The van der Waals surface area contributed by atoms with Gasteiger partial charge in [-0.15, -0.1) is 4.72 Å². The number of likely N-dealkylation sites (tertiary alicyclic amines) is 1. The molecule has 1 aliphatic heterocycles. The second-order valence-electron chi connectivity index (χ2n) is 8.32. The van der Waals surface area contributed by atoms with Crippen LogP contribution in [0.3, 0.4) is 0 Å². The molecular weight excluding hydrogens is 357 g/mol. The molecule has 9 heteroatoms. The lowest BCUT2D eigenvalue weighted by atomic mass is 9.89. The number of ether oxygens (including phenoxy) is 1. The van der Waals surface area contributed by atoms with E-state index in [1.807, 2.05) is 0 Å². The number of alkyl halides is 3. The van der Waals surface area contributed by atoms with Crippen molar-refractivity contribution >= 4 is 17.5 Å². The molecule has 1 heterocycles. The van der Waals surface area contributed by atoms with Crippen molar-refractivity contribution in [3.8, 4) is 0 Å². The van der Waals surface area contributed by atoms with Gasteiger partial charge in [-0.3, -0.25) is 0 Å². The zero-order valence-electron chi connectivity index (χ0n) is 15.7. The van der Waals surface area contributed by atoms with E-state index in [9.17, 15) is 22.5 Å². The highest BCUT2D eigenvalue weighted by Crippen LogP contribution is 2.33. The van der Waals surface area contributed by atoms with Crippen LogP contribution in [-0.2, 0) is 16.1 Å². The highest BCUT2D eigenvalue weighted by Gasteiger charge is 2.49. The lowest BCUT2D eigenvalue weighted by molar-refractivity contribution is -0.166. The summed E-state index contributed by atoms with van der Waals surface area (Å²) in [6.07, 6.45) is -4.66. The first-order valence-corrected chi connectivity index (χ1v) is 9.49. The summed E-state index contributed by atoms with van der Waals surface area (Å²) >= 11 is -1.82.